The summed E-state index contributed by atoms with van der Waals surface area (Å²) in [6, 6.07) is 16.0. The minimum absolute atomic E-state index is 0.0134. The minimum atomic E-state index is -0.404. The van der Waals surface area contributed by atoms with Crippen molar-refractivity contribution in [3.63, 3.8) is 0 Å². The number of hydrogen-bond acceptors (Lipinski definition) is 3. The number of anilines is 1. The van der Waals surface area contributed by atoms with Crippen LogP contribution in [0.15, 0.2) is 53.5 Å². The Bertz CT molecular complexity index is 787. The van der Waals surface area contributed by atoms with Gasteiger partial charge in [-0.05, 0) is 36.2 Å². The molecule has 144 valence electrons. The molecule has 0 aromatic heterocycles. The van der Waals surface area contributed by atoms with E-state index in [4.69, 9.17) is 4.74 Å². The molecule has 1 amide bonds. The number of rotatable bonds is 7. The predicted molar refractivity (Wildman–Crippen MR) is 113 cm³/mol. The molecule has 2 aromatic carbocycles. The average Bonchev–Trinajstić information content (AvgIpc) is 2.64. The van der Waals surface area contributed by atoms with Gasteiger partial charge >= 0.3 is 0 Å². The van der Waals surface area contributed by atoms with Crippen molar-refractivity contribution in [2.75, 3.05) is 19.0 Å². The summed E-state index contributed by atoms with van der Waals surface area (Å²) >= 11 is 0. The Morgan fingerprint density at radius 2 is 1.74 bits per heavy atom. The Kier molecular flexibility index (Phi) is 7.17. The number of ether oxygens (including phenoxy) is 1. The van der Waals surface area contributed by atoms with Crippen LogP contribution in [0.2, 0.25) is 0 Å². The van der Waals surface area contributed by atoms with E-state index in [1.165, 1.54) is 5.56 Å². The van der Waals surface area contributed by atoms with Gasteiger partial charge in [-0.25, -0.2) is 0 Å². The Balaban J connectivity index is 1.94. The zero-order chi connectivity index (χ0) is 19.9. The molecule has 0 saturated carbocycles. The Hall–Kier alpha value is -2.62. The highest BCUT2D eigenvalue weighted by Crippen LogP contribution is 2.21. The molecule has 2 aromatic rings. The lowest BCUT2D eigenvalue weighted by atomic mass is 9.95. The number of carbonyl (C=O) groups excluding carboxylic acids is 1. The summed E-state index contributed by atoms with van der Waals surface area (Å²) < 4.78 is 6.01. The molecule has 0 aliphatic carbocycles. The lowest BCUT2D eigenvalue weighted by molar-refractivity contribution is -0.123. The van der Waals surface area contributed by atoms with Crippen LogP contribution in [0, 0.1) is 5.41 Å². The maximum atomic E-state index is 12.0. The topological polar surface area (TPSA) is 50.7 Å². The Morgan fingerprint density at radius 3 is 2.33 bits per heavy atom. The smallest absolute Gasteiger partial charge is 0.229 e. The monoisotopic (exact) mass is 366 g/mol. The first-order chi connectivity index (χ1) is 12.8. The second-order valence-corrected chi connectivity index (χ2v) is 7.52. The van der Waals surface area contributed by atoms with E-state index in [2.05, 4.69) is 17.2 Å². The molecular formula is C23H30N2O2. The minimum Gasteiger partial charge on any atom is -0.493 e. The zero-order valence-corrected chi connectivity index (χ0v) is 17.0. The summed E-state index contributed by atoms with van der Waals surface area (Å²) in [5.41, 5.74) is 3.68. The van der Waals surface area contributed by atoms with Gasteiger partial charge in [0, 0.05) is 35.8 Å². The van der Waals surface area contributed by atoms with Gasteiger partial charge < -0.3 is 10.1 Å². The molecule has 0 atom stereocenters. The van der Waals surface area contributed by atoms with E-state index in [-0.39, 0.29) is 5.91 Å². The number of benzene rings is 2. The Morgan fingerprint density at radius 1 is 1.07 bits per heavy atom. The molecule has 0 aliphatic rings. The molecule has 2 rings (SSSR count). The summed E-state index contributed by atoms with van der Waals surface area (Å²) in [6.07, 6.45) is 1.67. The fourth-order valence-electron chi connectivity index (χ4n) is 2.65. The quantitative estimate of drug-likeness (QED) is 0.691. The lowest BCUT2D eigenvalue weighted by Crippen LogP contribution is -2.27. The standard InChI is InChI=1S/C23H30N2O2/c1-6-20(24-5)19-9-7-8-10-21(19)27-16-15-17-11-13-18(14-12-17)25-22(26)23(2,3)4/h7-14H,6,15-16H2,1-5H3,(H,25,26). The van der Waals surface area contributed by atoms with E-state index in [9.17, 15) is 4.79 Å². The van der Waals surface area contributed by atoms with Crippen molar-refractivity contribution in [2.24, 2.45) is 10.4 Å². The highest BCUT2D eigenvalue weighted by Gasteiger charge is 2.20. The summed E-state index contributed by atoms with van der Waals surface area (Å²) in [4.78, 5) is 16.4. The third-order valence-electron chi connectivity index (χ3n) is 4.34. The van der Waals surface area contributed by atoms with Crippen molar-refractivity contribution in [1.82, 2.24) is 0 Å². The molecule has 4 heteroatoms. The molecular weight excluding hydrogens is 336 g/mol. The number of hydrogen-bond donors (Lipinski definition) is 1. The van der Waals surface area contributed by atoms with Gasteiger partial charge in [-0.15, -0.1) is 0 Å². The second kappa shape index (κ2) is 9.36. The normalized spacial score (nSPS) is 12.0. The maximum absolute atomic E-state index is 12.0. The van der Waals surface area contributed by atoms with E-state index in [1.807, 2.05) is 76.3 Å². The third-order valence-corrected chi connectivity index (χ3v) is 4.34. The van der Waals surface area contributed by atoms with Crippen molar-refractivity contribution in [1.29, 1.82) is 0 Å². The lowest BCUT2D eigenvalue weighted by Gasteiger charge is -2.17. The van der Waals surface area contributed by atoms with Crippen molar-refractivity contribution in [3.8, 4) is 5.75 Å². The summed E-state index contributed by atoms with van der Waals surface area (Å²) in [5.74, 6) is 0.883. The number of aliphatic imine (C=N–C) groups is 1. The molecule has 0 spiro atoms. The molecule has 4 nitrogen and oxygen atoms in total. The highest BCUT2D eigenvalue weighted by atomic mass is 16.5. The van der Waals surface area contributed by atoms with Crippen LogP contribution in [-0.4, -0.2) is 25.3 Å². The van der Waals surface area contributed by atoms with Crippen LogP contribution in [0.1, 0.15) is 45.2 Å². The summed E-state index contributed by atoms with van der Waals surface area (Å²) in [7, 11) is 1.82. The SMILES string of the molecule is CCC(=NC)c1ccccc1OCCc1ccc(NC(=O)C(C)(C)C)cc1. The number of carbonyl (C=O) groups is 1. The van der Waals surface area contributed by atoms with Crippen LogP contribution in [0.25, 0.3) is 0 Å². The maximum Gasteiger partial charge on any atom is 0.229 e. The Labute approximate surface area is 162 Å². The molecule has 0 fully saturated rings. The number of nitrogens with zero attached hydrogens (tertiary/aromatic N) is 1. The third kappa shape index (κ3) is 5.95. The van der Waals surface area contributed by atoms with E-state index in [0.717, 1.165) is 35.6 Å². The van der Waals surface area contributed by atoms with Gasteiger partial charge in [0.15, 0.2) is 0 Å². The van der Waals surface area contributed by atoms with Crippen molar-refractivity contribution in [2.45, 2.75) is 40.5 Å². The van der Waals surface area contributed by atoms with Crippen LogP contribution < -0.4 is 10.1 Å². The highest BCUT2D eigenvalue weighted by molar-refractivity contribution is 6.02. The molecule has 0 aliphatic heterocycles. The van der Waals surface area contributed by atoms with E-state index >= 15 is 0 Å². The van der Waals surface area contributed by atoms with Gasteiger partial charge in [0.2, 0.25) is 5.91 Å². The van der Waals surface area contributed by atoms with Crippen LogP contribution in [0.4, 0.5) is 5.69 Å². The molecule has 0 heterocycles. The van der Waals surface area contributed by atoms with Gasteiger partial charge in [0.25, 0.3) is 0 Å². The predicted octanol–water partition coefficient (Wildman–Crippen LogP) is 5.12. The van der Waals surface area contributed by atoms with Crippen LogP contribution in [0.5, 0.6) is 5.75 Å². The molecule has 0 saturated heterocycles. The van der Waals surface area contributed by atoms with Gasteiger partial charge in [0.1, 0.15) is 5.75 Å². The van der Waals surface area contributed by atoms with E-state index in [0.29, 0.717) is 6.61 Å². The molecule has 1 N–H and O–H groups in total. The molecule has 0 bridgehead atoms. The largest absolute Gasteiger partial charge is 0.493 e. The molecule has 0 radical (unpaired) electrons. The fourth-order valence-corrected chi connectivity index (χ4v) is 2.65. The number of nitrogens with one attached hydrogen (secondary N) is 1. The first-order valence-electron chi connectivity index (χ1n) is 9.43. The van der Waals surface area contributed by atoms with Gasteiger partial charge in [0.05, 0.1) is 6.61 Å². The molecule has 0 unspecified atom stereocenters. The van der Waals surface area contributed by atoms with Gasteiger partial charge in [-0.1, -0.05) is 52.0 Å². The fraction of sp³-hybridized carbons (Fsp3) is 0.391. The van der Waals surface area contributed by atoms with Crippen molar-refractivity contribution < 1.29 is 9.53 Å². The van der Waals surface area contributed by atoms with Gasteiger partial charge in [-0.3, -0.25) is 9.79 Å². The van der Waals surface area contributed by atoms with E-state index < -0.39 is 5.41 Å². The number of amides is 1. The van der Waals surface area contributed by atoms with Crippen LogP contribution >= 0.6 is 0 Å². The summed E-state index contributed by atoms with van der Waals surface area (Å²) in [5, 5.41) is 2.94. The summed E-state index contributed by atoms with van der Waals surface area (Å²) in [6.45, 7) is 8.39. The van der Waals surface area contributed by atoms with Gasteiger partial charge in [-0.2, -0.15) is 0 Å². The average molecular weight is 367 g/mol. The molecule has 27 heavy (non-hydrogen) atoms. The van der Waals surface area contributed by atoms with Crippen molar-refractivity contribution >= 4 is 17.3 Å². The first kappa shape index (κ1) is 20.7. The number of para-hydroxylation sites is 1. The van der Waals surface area contributed by atoms with Crippen LogP contribution in [0.3, 0.4) is 0 Å². The van der Waals surface area contributed by atoms with Crippen LogP contribution in [-0.2, 0) is 11.2 Å². The van der Waals surface area contributed by atoms with Crippen molar-refractivity contribution in [3.05, 3.63) is 59.7 Å². The second-order valence-electron chi connectivity index (χ2n) is 7.52. The van der Waals surface area contributed by atoms with E-state index in [1.54, 1.807) is 0 Å². The first-order valence-corrected chi connectivity index (χ1v) is 9.43. The zero-order valence-electron chi connectivity index (χ0n) is 17.0.